The van der Waals surface area contributed by atoms with Crippen LogP contribution >= 0.6 is 11.8 Å². The van der Waals surface area contributed by atoms with Gasteiger partial charge in [-0.1, -0.05) is 11.8 Å². The lowest BCUT2D eigenvalue weighted by Gasteiger charge is -2.26. The number of aromatic nitrogens is 4. The number of ether oxygens (including phenoxy) is 1. The van der Waals surface area contributed by atoms with Gasteiger partial charge in [-0.2, -0.15) is 0 Å². The monoisotopic (exact) mass is 313 g/mol. The van der Waals surface area contributed by atoms with Gasteiger partial charge in [0.1, 0.15) is 5.54 Å². The number of hydrogen-bond acceptors (Lipinski definition) is 7. The Hall–Kier alpha value is -1.15. The average Bonchev–Trinajstić information content (AvgIpc) is 3.22. The van der Waals surface area contributed by atoms with Crippen molar-refractivity contribution in [3.05, 3.63) is 0 Å². The molecule has 1 heterocycles. The molecule has 21 heavy (non-hydrogen) atoms. The largest absolute Gasteiger partial charge is 0.465 e. The first-order valence-corrected chi connectivity index (χ1v) is 8.36. The van der Waals surface area contributed by atoms with Gasteiger partial charge in [-0.05, 0) is 57.0 Å². The Morgan fingerprint density at radius 2 is 2.33 bits per heavy atom. The number of carbonyl (C=O) groups excluding carboxylic acids is 1. The van der Waals surface area contributed by atoms with Gasteiger partial charge in [0.05, 0.1) is 12.6 Å². The van der Waals surface area contributed by atoms with Gasteiger partial charge in [0.15, 0.2) is 0 Å². The molecule has 2 rings (SSSR count). The lowest BCUT2D eigenvalue weighted by molar-refractivity contribution is -0.150. The second kappa shape index (κ2) is 7.22. The van der Waals surface area contributed by atoms with Crippen molar-refractivity contribution in [1.29, 1.82) is 0 Å². The summed E-state index contributed by atoms with van der Waals surface area (Å²) < 4.78 is 7.02. The Bertz CT molecular complexity index is 477. The van der Waals surface area contributed by atoms with Crippen molar-refractivity contribution in [2.45, 2.75) is 56.3 Å². The van der Waals surface area contributed by atoms with Crippen LogP contribution < -0.4 is 5.32 Å². The van der Waals surface area contributed by atoms with Crippen LogP contribution in [0.15, 0.2) is 5.16 Å². The lowest BCUT2D eigenvalue weighted by atomic mass is 9.97. The molecule has 1 saturated carbocycles. The van der Waals surface area contributed by atoms with Crippen LogP contribution in [0.25, 0.3) is 0 Å². The number of rotatable bonds is 9. The molecule has 1 aromatic rings. The Balaban J connectivity index is 1.77. The quantitative estimate of drug-likeness (QED) is 0.419. The zero-order chi connectivity index (χ0) is 15.3. The maximum absolute atomic E-state index is 11.9. The number of nitrogens with one attached hydrogen (secondary N) is 1. The minimum Gasteiger partial charge on any atom is -0.465 e. The van der Waals surface area contributed by atoms with Gasteiger partial charge >= 0.3 is 5.97 Å². The van der Waals surface area contributed by atoms with Crippen LogP contribution in [-0.4, -0.2) is 51.1 Å². The zero-order valence-corrected chi connectivity index (χ0v) is 13.7. The van der Waals surface area contributed by atoms with E-state index in [1.165, 1.54) is 12.8 Å². The third-order valence-corrected chi connectivity index (χ3v) is 4.71. The summed E-state index contributed by atoms with van der Waals surface area (Å²) in [6.45, 7) is 4.10. The number of carbonyl (C=O) groups is 1. The molecule has 118 valence electrons. The van der Waals surface area contributed by atoms with E-state index >= 15 is 0 Å². The SMILES string of the molecule is CCOC(=O)C(C)(CCCSc1nnnn1C1CC1)NC. The number of thioether (sulfide) groups is 1. The van der Waals surface area contributed by atoms with Gasteiger partial charge in [0, 0.05) is 5.75 Å². The fourth-order valence-corrected chi connectivity index (χ4v) is 2.92. The minimum atomic E-state index is -0.626. The highest BCUT2D eigenvalue weighted by atomic mass is 32.2. The van der Waals surface area contributed by atoms with Crippen molar-refractivity contribution in [3.8, 4) is 0 Å². The molecular formula is C13H23N5O2S. The number of tetrazole rings is 1. The molecular weight excluding hydrogens is 290 g/mol. The first-order chi connectivity index (χ1) is 10.1. The molecule has 0 aromatic carbocycles. The summed E-state index contributed by atoms with van der Waals surface area (Å²) in [7, 11) is 1.79. The van der Waals surface area contributed by atoms with E-state index in [1.807, 2.05) is 18.5 Å². The Morgan fingerprint density at radius 1 is 1.57 bits per heavy atom. The van der Waals surface area contributed by atoms with Crippen LogP contribution in [-0.2, 0) is 9.53 Å². The van der Waals surface area contributed by atoms with Crippen molar-refractivity contribution in [2.24, 2.45) is 0 Å². The Kier molecular flexibility index (Phi) is 5.58. The van der Waals surface area contributed by atoms with E-state index in [0.717, 1.165) is 23.8 Å². The normalized spacial score (nSPS) is 17.5. The van der Waals surface area contributed by atoms with Gasteiger partial charge in [-0.3, -0.25) is 4.79 Å². The topological polar surface area (TPSA) is 81.9 Å². The summed E-state index contributed by atoms with van der Waals surface area (Å²) in [6.07, 6.45) is 3.94. The van der Waals surface area contributed by atoms with Gasteiger partial charge < -0.3 is 10.1 Å². The minimum absolute atomic E-state index is 0.194. The molecule has 0 spiro atoms. The summed E-state index contributed by atoms with van der Waals surface area (Å²) in [4.78, 5) is 11.9. The van der Waals surface area contributed by atoms with Crippen molar-refractivity contribution in [3.63, 3.8) is 0 Å². The molecule has 1 aliphatic rings. The molecule has 0 saturated heterocycles. The van der Waals surface area contributed by atoms with Crippen molar-refractivity contribution >= 4 is 17.7 Å². The third-order valence-electron chi connectivity index (χ3n) is 3.69. The van der Waals surface area contributed by atoms with E-state index in [1.54, 1.807) is 18.8 Å². The maximum atomic E-state index is 11.9. The van der Waals surface area contributed by atoms with Crippen molar-refractivity contribution in [1.82, 2.24) is 25.5 Å². The van der Waals surface area contributed by atoms with Crippen LogP contribution in [0.1, 0.15) is 45.6 Å². The van der Waals surface area contributed by atoms with E-state index in [-0.39, 0.29) is 5.97 Å². The van der Waals surface area contributed by atoms with E-state index in [2.05, 4.69) is 20.8 Å². The molecule has 1 aromatic heterocycles. The summed E-state index contributed by atoms with van der Waals surface area (Å²) in [5, 5.41) is 15.8. The van der Waals surface area contributed by atoms with Crippen LogP contribution in [0.5, 0.6) is 0 Å². The molecule has 8 heteroatoms. The summed E-state index contributed by atoms with van der Waals surface area (Å²) in [6, 6.07) is 0.490. The van der Waals surface area contributed by atoms with Crippen LogP contribution in [0.4, 0.5) is 0 Å². The van der Waals surface area contributed by atoms with Crippen LogP contribution in [0.3, 0.4) is 0 Å². The van der Waals surface area contributed by atoms with Gasteiger partial charge in [-0.25, -0.2) is 4.68 Å². The number of hydrogen-bond donors (Lipinski definition) is 1. The van der Waals surface area contributed by atoms with E-state index in [0.29, 0.717) is 12.6 Å². The fourth-order valence-electron chi connectivity index (χ4n) is 2.04. The highest BCUT2D eigenvalue weighted by Crippen LogP contribution is 2.36. The Labute approximate surface area is 129 Å². The maximum Gasteiger partial charge on any atom is 0.326 e. The summed E-state index contributed by atoms with van der Waals surface area (Å²) in [5.74, 6) is 0.685. The molecule has 0 radical (unpaired) electrons. The molecule has 1 fully saturated rings. The Morgan fingerprint density at radius 3 is 2.95 bits per heavy atom. The predicted octanol–water partition coefficient (Wildman–Crippen LogP) is 1.42. The lowest BCUT2D eigenvalue weighted by Crippen LogP contribution is -2.48. The summed E-state index contributed by atoms with van der Waals surface area (Å²) in [5.41, 5.74) is -0.626. The van der Waals surface area contributed by atoms with Crippen LogP contribution in [0.2, 0.25) is 0 Å². The van der Waals surface area contributed by atoms with E-state index in [4.69, 9.17) is 4.74 Å². The van der Waals surface area contributed by atoms with Crippen molar-refractivity contribution in [2.75, 3.05) is 19.4 Å². The van der Waals surface area contributed by atoms with Crippen molar-refractivity contribution < 1.29 is 9.53 Å². The second-order valence-electron chi connectivity index (χ2n) is 5.39. The van der Waals surface area contributed by atoms with Gasteiger partial charge in [0.2, 0.25) is 5.16 Å². The van der Waals surface area contributed by atoms with Crippen LogP contribution in [0, 0.1) is 0 Å². The molecule has 1 unspecified atom stereocenters. The standard InChI is InChI=1S/C13H23N5O2S/c1-4-20-11(19)13(2,14-3)8-5-9-21-12-15-16-17-18(12)10-6-7-10/h10,14H,4-9H2,1-3H3. The highest BCUT2D eigenvalue weighted by Gasteiger charge is 2.32. The molecule has 1 atom stereocenters. The van der Waals surface area contributed by atoms with Gasteiger partial charge in [0.25, 0.3) is 0 Å². The average molecular weight is 313 g/mol. The zero-order valence-electron chi connectivity index (χ0n) is 12.8. The molecule has 0 bridgehead atoms. The third kappa shape index (κ3) is 4.16. The smallest absolute Gasteiger partial charge is 0.326 e. The van der Waals surface area contributed by atoms with E-state index in [9.17, 15) is 4.79 Å². The molecule has 7 nitrogen and oxygen atoms in total. The fraction of sp³-hybridized carbons (Fsp3) is 0.846. The van der Waals surface area contributed by atoms with Gasteiger partial charge in [-0.15, -0.1) is 5.10 Å². The molecule has 0 amide bonds. The second-order valence-corrected chi connectivity index (χ2v) is 6.45. The number of esters is 1. The first-order valence-electron chi connectivity index (χ1n) is 7.37. The molecule has 1 aliphatic carbocycles. The predicted molar refractivity (Wildman–Crippen MR) is 80.1 cm³/mol. The molecule has 1 N–H and O–H groups in total. The number of likely N-dealkylation sites (N-methyl/N-ethyl adjacent to an activating group) is 1. The molecule has 0 aliphatic heterocycles. The highest BCUT2D eigenvalue weighted by molar-refractivity contribution is 7.99. The summed E-state index contributed by atoms with van der Waals surface area (Å²) >= 11 is 1.65. The van der Waals surface area contributed by atoms with E-state index < -0.39 is 5.54 Å². The number of nitrogens with zero attached hydrogens (tertiary/aromatic N) is 4. The first kappa shape index (κ1) is 16.2.